The summed E-state index contributed by atoms with van der Waals surface area (Å²) in [6.07, 6.45) is -8.44. The summed E-state index contributed by atoms with van der Waals surface area (Å²) in [6, 6.07) is 4.77. The Kier molecular flexibility index (Phi) is 8.55. The maximum atomic E-state index is 14.5. The molecule has 1 fully saturated rings. The Bertz CT molecular complexity index is 1670. The highest BCUT2D eigenvalue weighted by molar-refractivity contribution is 9.10. The van der Waals surface area contributed by atoms with E-state index in [4.69, 9.17) is 0 Å². The molecule has 2 aromatic carbocycles. The van der Waals surface area contributed by atoms with Crippen LogP contribution in [0.2, 0.25) is 0 Å². The highest BCUT2D eigenvalue weighted by Gasteiger charge is 2.93. The fourth-order valence-electron chi connectivity index (χ4n) is 4.55. The van der Waals surface area contributed by atoms with Gasteiger partial charge in [0.05, 0.1) is 11.2 Å². The number of ether oxygens (including phenoxy) is 2. The van der Waals surface area contributed by atoms with Gasteiger partial charge < -0.3 is 102 Å². The second-order valence-electron chi connectivity index (χ2n) is 9.93. The monoisotopic (exact) mass is 746 g/mol. The van der Waals surface area contributed by atoms with Gasteiger partial charge in [-0.15, -0.1) is 4.90 Å². The number of fused-ring (bicyclic) bond motifs is 1. The van der Waals surface area contributed by atoms with Crippen LogP contribution in [0.1, 0.15) is 0 Å². The topological polar surface area (TPSA) is 403 Å². The van der Waals surface area contributed by atoms with E-state index in [0.717, 1.165) is 12.4 Å². The molecule has 0 unspecified atom stereocenters. The molecule has 23 nitrogen and oxygen atoms in total. The molecule has 0 spiro atoms. The quantitative estimate of drug-likeness (QED) is 0.0951. The molecule has 1 saturated heterocycles. The van der Waals surface area contributed by atoms with Gasteiger partial charge in [-0.3, -0.25) is 0 Å². The molecule has 1 aliphatic heterocycles. The largest absolute Gasteiger partial charge is 0.453 e. The van der Waals surface area contributed by atoms with Crippen LogP contribution < -0.4 is 14.8 Å². The Hall–Kier alpha value is -3.13. The Morgan fingerprint density at radius 3 is 1.77 bits per heavy atom. The number of benzene rings is 2. The Morgan fingerprint density at radius 2 is 1.28 bits per heavy atom. The van der Waals surface area contributed by atoms with Gasteiger partial charge in [0.15, 0.2) is 11.5 Å². The van der Waals surface area contributed by atoms with Gasteiger partial charge in [-0.25, -0.2) is 14.4 Å². The number of anilines is 2. The van der Waals surface area contributed by atoms with Crippen LogP contribution in [-0.4, -0.2) is 149 Å². The molecule has 47 heavy (non-hydrogen) atoms. The molecular weight excluding hydrogens is 723 g/mol. The van der Waals surface area contributed by atoms with Crippen LogP contribution >= 0.6 is 15.9 Å². The summed E-state index contributed by atoms with van der Waals surface area (Å²) in [6.45, 7) is 0. The van der Waals surface area contributed by atoms with E-state index in [2.05, 4.69) is 40.7 Å². The molecule has 0 aliphatic carbocycles. The van der Waals surface area contributed by atoms with Crippen molar-refractivity contribution in [1.82, 2.24) is 14.9 Å². The van der Waals surface area contributed by atoms with Crippen LogP contribution in [0.4, 0.5) is 15.9 Å². The maximum absolute atomic E-state index is 14.5. The Balaban J connectivity index is 1.91. The molecule has 0 atom stereocenters. The lowest BCUT2D eigenvalue weighted by Crippen LogP contribution is -2.99. The van der Waals surface area contributed by atoms with Gasteiger partial charge in [0, 0.05) is 15.9 Å². The van der Waals surface area contributed by atoms with E-state index in [1.165, 1.54) is 12.1 Å². The predicted octanol–water partition coefficient (Wildman–Crippen LogP) is -7.47. The van der Waals surface area contributed by atoms with Crippen molar-refractivity contribution in [3.63, 3.8) is 0 Å². The number of aliphatic hydroxyl groups is 17. The summed E-state index contributed by atoms with van der Waals surface area (Å²) in [5.74, 6) is -30.9. The molecular formula is C22H24BrFN4O19. The molecule has 3 aromatic rings. The second kappa shape index (κ2) is 10.9. The van der Waals surface area contributed by atoms with Gasteiger partial charge in [0.1, 0.15) is 18.0 Å². The molecule has 0 radical (unpaired) electrons. The first-order valence-electron chi connectivity index (χ1n) is 12.0. The first kappa shape index (κ1) is 36.7. The van der Waals surface area contributed by atoms with Crippen molar-refractivity contribution in [3.8, 4) is 11.5 Å². The number of hydrogen-bond donors (Lipinski definition) is 18. The normalized spacial score (nSPS) is 20.6. The lowest BCUT2D eigenvalue weighted by atomic mass is 9.72. The highest BCUT2D eigenvalue weighted by Crippen LogP contribution is 2.55. The van der Waals surface area contributed by atoms with E-state index in [9.17, 15) is 91.2 Å². The van der Waals surface area contributed by atoms with Gasteiger partial charge in [0.25, 0.3) is 29.0 Å². The van der Waals surface area contributed by atoms with E-state index < -0.39 is 75.0 Å². The summed E-state index contributed by atoms with van der Waals surface area (Å²) in [5, 5.41) is 174. The number of nitrogens with zero attached hydrogens (tertiary/aromatic N) is 3. The fraction of sp³-hybridized carbons (Fsp3) is 0.364. The van der Waals surface area contributed by atoms with E-state index >= 15 is 0 Å². The minimum atomic E-state index is -5.56. The van der Waals surface area contributed by atoms with Crippen molar-refractivity contribution >= 4 is 38.3 Å². The van der Waals surface area contributed by atoms with E-state index in [1.807, 2.05) is 0 Å². The van der Waals surface area contributed by atoms with E-state index in [-0.39, 0.29) is 16.9 Å². The lowest BCUT2D eigenvalue weighted by Gasteiger charge is -2.64. The molecule has 260 valence electrons. The van der Waals surface area contributed by atoms with Gasteiger partial charge in [-0.05, 0) is 24.3 Å². The zero-order valence-electron chi connectivity index (χ0n) is 22.5. The van der Waals surface area contributed by atoms with Crippen LogP contribution in [0, 0.1) is 5.82 Å². The average Bonchev–Trinajstić information content (AvgIpc) is 2.87. The third kappa shape index (κ3) is 5.62. The molecule has 1 aromatic heterocycles. The standard InChI is InChI=1S/C22H24BrFN4O19/c23-7-1-2-10(9(24)3-7)27-14-8-4-12(47-22(43,44)45)13(5-11(8)25-6-26-14)46-20(38,39)15(29)16(30,31)18(34,35)28(21(40,41)42)19(36,37)17(15,32)33/h1-6,29-45H,(H,25,26,27). The minimum Gasteiger partial charge on any atom is -0.433 e. The number of nitrogens with one attached hydrogen (secondary N) is 1. The summed E-state index contributed by atoms with van der Waals surface area (Å²) in [5.41, 5.74) is -6.19. The molecule has 25 heteroatoms. The van der Waals surface area contributed by atoms with Gasteiger partial charge in [-0.1, -0.05) is 15.9 Å². The van der Waals surface area contributed by atoms with Gasteiger partial charge in [0.2, 0.25) is 0 Å². The van der Waals surface area contributed by atoms with Gasteiger partial charge in [-0.2, -0.15) is 0 Å². The first-order chi connectivity index (χ1) is 21.0. The second-order valence-corrected chi connectivity index (χ2v) is 10.9. The molecule has 18 N–H and O–H groups in total. The van der Waals surface area contributed by atoms with Crippen LogP contribution in [0.25, 0.3) is 10.9 Å². The number of rotatable bonds is 8. The van der Waals surface area contributed by atoms with Gasteiger partial charge >= 0.3 is 18.2 Å². The molecule has 0 saturated carbocycles. The van der Waals surface area contributed by atoms with Crippen LogP contribution in [0.3, 0.4) is 0 Å². The summed E-state index contributed by atoms with van der Waals surface area (Å²) in [4.78, 5) is 5.76. The Morgan fingerprint density at radius 1 is 0.745 bits per heavy atom. The molecule has 0 amide bonds. The van der Waals surface area contributed by atoms with Crippen LogP contribution in [0.15, 0.2) is 41.1 Å². The van der Waals surface area contributed by atoms with E-state index in [1.54, 1.807) is 0 Å². The van der Waals surface area contributed by atoms with Crippen molar-refractivity contribution in [1.29, 1.82) is 0 Å². The summed E-state index contributed by atoms with van der Waals surface area (Å²) in [7, 11) is 0. The lowest BCUT2D eigenvalue weighted by molar-refractivity contribution is -0.665. The summed E-state index contributed by atoms with van der Waals surface area (Å²) >= 11 is 3.05. The van der Waals surface area contributed by atoms with Crippen molar-refractivity contribution in [3.05, 3.63) is 46.9 Å². The number of aromatic nitrogens is 2. The van der Waals surface area contributed by atoms with Crippen LogP contribution in [-0.2, 0) is 0 Å². The molecule has 0 bridgehead atoms. The average molecular weight is 747 g/mol. The third-order valence-corrected chi connectivity index (χ3v) is 7.22. The van der Waals surface area contributed by atoms with Crippen LogP contribution in [0.5, 0.6) is 11.5 Å². The fourth-order valence-corrected chi connectivity index (χ4v) is 4.88. The van der Waals surface area contributed by atoms with E-state index in [0.29, 0.717) is 16.6 Å². The zero-order chi connectivity index (χ0) is 36.0. The number of likely N-dealkylation sites (tertiary alicyclic amines) is 1. The number of halogens is 2. The zero-order valence-corrected chi connectivity index (χ0v) is 24.1. The molecule has 2 heterocycles. The summed E-state index contributed by atoms with van der Waals surface area (Å²) < 4.78 is 23.8. The maximum Gasteiger partial charge on any atom is 0.453 e. The third-order valence-electron chi connectivity index (χ3n) is 6.72. The minimum absolute atomic E-state index is 0.204. The first-order valence-corrected chi connectivity index (χ1v) is 12.8. The number of hydrogen-bond acceptors (Lipinski definition) is 23. The Labute approximate surface area is 265 Å². The van der Waals surface area contributed by atoms with Crippen molar-refractivity contribution in [2.24, 2.45) is 0 Å². The molecule has 1 aliphatic rings. The van der Waals surface area contributed by atoms with Crippen molar-refractivity contribution in [2.75, 3.05) is 5.32 Å². The van der Waals surface area contributed by atoms with Crippen molar-refractivity contribution < 1.29 is 101 Å². The van der Waals surface area contributed by atoms with Crippen molar-refractivity contribution in [2.45, 2.75) is 47.2 Å². The highest BCUT2D eigenvalue weighted by atomic mass is 79.9. The molecule has 4 rings (SSSR count). The predicted molar refractivity (Wildman–Crippen MR) is 140 cm³/mol. The SMILES string of the molecule is OC(O)(O)Oc1cc2c(Nc3ccc(Br)cc3F)ncnc2cc1OC(O)(O)C1(O)C(O)(O)C(O)(O)N(C(O)(O)O)C(O)(O)C1(O)O. The number of piperidine rings is 1. The smallest absolute Gasteiger partial charge is 0.433 e.